The van der Waals surface area contributed by atoms with E-state index in [0.29, 0.717) is 24.8 Å². The zero-order chi connectivity index (χ0) is 14.7. The fraction of sp³-hybridized carbons (Fsp3) is 0.733. The van der Waals surface area contributed by atoms with Crippen LogP contribution in [0.5, 0.6) is 0 Å². The Bertz CT molecular complexity index is 479. The maximum atomic E-state index is 12.8. The number of hydrogen-bond acceptors (Lipinski definition) is 5. The molecule has 5 nitrogen and oxygen atoms in total. The summed E-state index contributed by atoms with van der Waals surface area (Å²) >= 11 is 1.47. The molecular formula is C15H23N3O2S. The van der Waals surface area contributed by atoms with Crippen LogP contribution in [-0.2, 0) is 11.3 Å². The van der Waals surface area contributed by atoms with Crippen molar-refractivity contribution in [3.8, 4) is 0 Å². The van der Waals surface area contributed by atoms with Gasteiger partial charge in [-0.15, -0.1) is 11.3 Å². The van der Waals surface area contributed by atoms with Crippen LogP contribution in [0.15, 0.2) is 5.38 Å². The van der Waals surface area contributed by atoms with Crippen molar-refractivity contribution >= 4 is 17.2 Å². The maximum Gasteiger partial charge on any atom is 0.273 e. The highest BCUT2D eigenvalue weighted by molar-refractivity contribution is 7.09. The Morgan fingerprint density at radius 2 is 2.19 bits per heavy atom. The third-order valence-electron chi connectivity index (χ3n) is 4.40. The third-order valence-corrected chi connectivity index (χ3v) is 5.27. The molecule has 116 valence electrons. The molecule has 2 aliphatic rings. The highest BCUT2D eigenvalue weighted by Gasteiger charge is 2.31. The van der Waals surface area contributed by atoms with Gasteiger partial charge in [0.15, 0.2) is 0 Å². The fourth-order valence-corrected chi connectivity index (χ4v) is 3.92. The molecule has 1 amide bonds. The predicted octanol–water partition coefficient (Wildman–Crippen LogP) is 2.17. The summed E-state index contributed by atoms with van der Waals surface area (Å²) in [6, 6.07) is 0.352. The van der Waals surface area contributed by atoms with Gasteiger partial charge in [-0.25, -0.2) is 4.98 Å². The lowest BCUT2D eigenvalue weighted by Crippen LogP contribution is -2.43. The molecular weight excluding hydrogens is 286 g/mol. The molecule has 1 saturated heterocycles. The van der Waals surface area contributed by atoms with Crippen molar-refractivity contribution in [2.45, 2.75) is 57.2 Å². The van der Waals surface area contributed by atoms with Crippen molar-refractivity contribution in [1.29, 1.82) is 0 Å². The average Bonchev–Trinajstić information content (AvgIpc) is 3.25. The van der Waals surface area contributed by atoms with Gasteiger partial charge in [0, 0.05) is 31.1 Å². The van der Waals surface area contributed by atoms with E-state index in [0.717, 1.165) is 37.3 Å². The summed E-state index contributed by atoms with van der Waals surface area (Å²) in [6.45, 7) is 1.93. The Balaban J connectivity index is 1.74. The smallest absolute Gasteiger partial charge is 0.273 e. The first-order chi connectivity index (χ1) is 10.3. The van der Waals surface area contributed by atoms with Gasteiger partial charge in [0.2, 0.25) is 0 Å². The minimum Gasteiger partial charge on any atom is -0.376 e. The normalized spacial score (nSPS) is 22.8. The Morgan fingerprint density at radius 3 is 2.81 bits per heavy atom. The summed E-state index contributed by atoms with van der Waals surface area (Å²) in [5.74, 6) is 0.0494. The van der Waals surface area contributed by atoms with Crippen LogP contribution in [0.25, 0.3) is 0 Å². The van der Waals surface area contributed by atoms with Crippen molar-refractivity contribution < 1.29 is 9.53 Å². The SMILES string of the molecule is NCc1nc(C(=O)N(CC2CCCO2)C2CCCC2)cs1. The highest BCUT2D eigenvalue weighted by Crippen LogP contribution is 2.27. The lowest BCUT2D eigenvalue weighted by Gasteiger charge is -2.30. The molecule has 2 N–H and O–H groups in total. The van der Waals surface area contributed by atoms with Gasteiger partial charge in [-0.1, -0.05) is 12.8 Å². The van der Waals surface area contributed by atoms with Crippen LogP contribution in [0, 0.1) is 0 Å². The minimum absolute atomic E-state index is 0.0494. The van der Waals surface area contributed by atoms with Crippen molar-refractivity contribution in [3.05, 3.63) is 16.1 Å². The van der Waals surface area contributed by atoms with Crippen molar-refractivity contribution in [2.75, 3.05) is 13.2 Å². The molecule has 1 unspecified atom stereocenters. The number of nitrogens with zero attached hydrogens (tertiary/aromatic N) is 2. The number of aromatic nitrogens is 1. The number of nitrogens with two attached hydrogens (primary N) is 1. The van der Waals surface area contributed by atoms with Crippen LogP contribution in [0.4, 0.5) is 0 Å². The number of thiazole rings is 1. The minimum atomic E-state index is 0.0494. The van der Waals surface area contributed by atoms with Crippen LogP contribution in [-0.4, -0.2) is 41.1 Å². The molecule has 1 atom stereocenters. The zero-order valence-corrected chi connectivity index (χ0v) is 13.1. The number of ether oxygens (including phenoxy) is 1. The van der Waals surface area contributed by atoms with Gasteiger partial charge in [0.05, 0.1) is 6.10 Å². The summed E-state index contributed by atoms with van der Waals surface area (Å²) in [5.41, 5.74) is 6.14. The second kappa shape index (κ2) is 6.85. The molecule has 0 spiro atoms. The van der Waals surface area contributed by atoms with Gasteiger partial charge in [-0.2, -0.15) is 0 Å². The van der Waals surface area contributed by atoms with E-state index >= 15 is 0 Å². The van der Waals surface area contributed by atoms with Crippen LogP contribution >= 0.6 is 11.3 Å². The Kier molecular flexibility index (Phi) is 4.87. The molecule has 1 aromatic rings. The summed E-state index contributed by atoms with van der Waals surface area (Å²) in [5, 5.41) is 2.66. The van der Waals surface area contributed by atoms with Crippen molar-refractivity contribution in [2.24, 2.45) is 5.73 Å². The quantitative estimate of drug-likeness (QED) is 0.905. The van der Waals surface area contributed by atoms with E-state index in [-0.39, 0.29) is 12.0 Å². The van der Waals surface area contributed by atoms with E-state index in [4.69, 9.17) is 10.5 Å². The molecule has 1 aliphatic heterocycles. The van der Waals surface area contributed by atoms with Gasteiger partial charge >= 0.3 is 0 Å². The first-order valence-electron chi connectivity index (χ1n) is 7.85. The summed E-state index contributed by atoms with van der Waals surface area (Å²) < 4.78 is 5.72. The highest BCUT2D eigenvalue weighted by atomic mass is 32.1. The number of amides is 1. The third kappa shape index (κ3) is 3.44. The largest absolute Gasteiger partial charge is 0.376 e. The van der Waals surface area contributed by atoms with Crippen LogP contribution in [0.2, 0.25) is 0 Å². The van der Waals surface area contributed by atoms with E-state index in [1.54, 1.807) is 0 Å². The molecule has 3 rings (SSSR count). The second-order valence-electron chi connectivity index (χ2n) is 5.86. The second-order valence-corrected chi connectivity index (χ2v) is 6.80. The summed E-state index contributed by atoms with van der Waals surface area (Å²) in [7, 11) is 0. The molecule has 2 heterocycles. The first kappa shape index (κ1) is 14.9. The first-order valence-corrected chi connectivity index (χ1v) is 8.73. The molecule has 2 fully saturated rings. The molecule has 6 heteroatoms. The standard InChI is InChI=1S/C15H23N3O2S/c16-8-14-17-13(10-21-14)15(19)18(11-4-1-2-5-11)9-12-6-3-7-20-12/h10-12H,1-9,16H2. The average molecular weight is 309 g/mol. The van der Waals surface area contributed by atoms with E-state index in [1.807, 2.05) is 10.3 Å². The fourth-order valence-electron chi connectivity index (χ4n) is 3.27. The van der Waals surface area contributed by atoms with Crippen LogP contribution in [0.3, 0.4) is 0 Å². The molecule has 0 aromatic carbocycles. The molecule has 1 saturated carbocycles. The Labute approximate surface area is 129 Å². The Morgan fingerprint density at radius 1 is 1.38 bits per heavy atom. The van der Waals surface area contributed by atoms with Gasteiger partial charge < -0.3 is 15.4 Å². The number of hydrogen-bond donors (Lipinski definition) is 1. The summed E-state index contributed by atoms with van der Waals surface area (Å²) in [6.07, 6.45) is 6.99. The topological polar surface area (TPSA) is 68.5 Å². The Hall–Kier alpha value is -0.980. The number of carbonyl (C=O) groups is 1. The van der Waals surface area contributed by atoms with E-state index in [1.165, 1.54) is 24.2 Å². The lowest BCUT2D eigenvalue weighted by atomic mass is 10.1. The maximum absolute atomic E-state index is 12.8. The summed E-state index contributed by atoms with van der Waals surface area (Å²) in [4.78, 5) is 19.2. The van der Waals surface area contributed by atoms with Crippen LogP contribution < -0.4 is 5.73 Å². The van der Waals surface area contributed by atoms with Crippen molar-refractivity contribution in [1.82, 2.24) is 9.88 Å². The van der Waals surface area contributed by atoms with Gasteiger partial charge in [0.1, 0.15) is 10.7 Å². The molecule has 1 aliphatic carbocycles. The molecule has 1 aromatic heterocycles. The van der Waals surface area contributed by atoms with E-state index in [2.05, 4.69) is 4.98 Å². The molecule has 21 heavy (non-hydrogen) atoms. The number of rotatable bonds is 5. The van der Waals surface area contributed by atoms with Gasteiger partial charge in [0.25, 0.3) is 5.91 Å². The van der Waals surface area contributed by atoms with Gasteiger partial charge in [-0.05, 0) is 25.7 Å². The number of carbonyl (C=O) groups excluding carboxylic acids is 1. The van der Waals surface area contributed by atoms with Crippen molar-refractivity contribution in [3.63, 3.8) is 0 Å². The zero-order valence-electron chi connectivity index (χ0n) is 12.3. The lowest BCUT2D eigenvalue weighted by molar-refractivity contribution is 0.0417. The monoisotopic (exact) mass is 309 g/mol. The van der Waals surface area contributed by atoms with E-state index < -0.39 is 0 Å². The van der Waals surface area contributed by atoms with Crippen LogP contribution in [0.1, 0.15) is 54.0 Å². The molecule has 0 bridgehead atoms. The van der Waals surface area contributed by atoms with E-state index in [9.17, 15) is 4.79 Å². The molecule has 0 radical (unpaired) electrons. The predicted molar refractivity (Wildman–Crippen MR) is 82.3 cm³/mol. The van der Waals surface area contributed by atoms with Gasteiger partial charge in [-0.3, -0.25) is 4.79 Å².